The number of hydrogen-bond acceptors (Lipinski definition) is 5. The highest BCUT2D eigenvalue weighted by Gasteiger charge is 2.57. The van der Waals surface area contributed by atoms with Gasteiger partial charge in [0.1, 0.15) is 17.1 Å². The van der Waals surface area contributed by atoms with Crippen LogP contribution in [0.4, 0.5) is 5.82 Å². The fraction of sp³-hybridized carbons (Fsp3) is 0.500. The van der Waals surface area contributed by atoms with Gasteiger partial charge in [-0.25, -0.2) is 9.97 Å². The van der Waals surface area contributed by atoms with Crippen molar-refractivity contribution in [3.8, 4) is 0 Å². The molecule has 4 rings (SSSR count). The van der Waals surface area contributed by atoms with Gasteiger partial charge in [-0.1, -0.05) is 43.7 Å². The predicted molar refractivity (Wildman–Crippen MR) is 108 cm³/mol. The summed E-state index contributed by atoms with van der Waals surface area (Å²) >= 11 is 0. The van der Waals surface area contributed by atoms with Crippen molar-refractivity contribution in [3.63, 3.8) is 0 Å². The summed E-state index contributed by atoms with van der Waals surface area (Å²) in [4.78, 5) is 25.9. The molecule has 2 atom stereocenters. The van der Waals surface area contributed by atoms with Crippen molar-refractivity contribution in [2.75, 3.05) is 31.1 Å². The first kappa shape index (κ1) is 18.9. The lowest BCUT2D eigenvalue weighted by atomic mass is 9.81. The maximum absolute atomic E-state index is 12.4. The molecule has 0 amide bonds. The van der Waals surface area contributed by atoms with Crippen LogP contribution in [0.2, 0.25) is 0 Å². The Balaban J connectivity index is 1.56. The van der Waals surface area contributed by atoms with Gasteiger partial charge in [-0.2, -0.15) is 0 Å². The van der Waals surface area contributed by atoms with E-state index in [1.807, 2.05) is 31.3 Å². The van der Waals surface area contributed by atoms with E-state index in [9.17, 15) is 9.90 Å². The topological polar surface area (TPSA) is 69.6 Å². The number of anilines is 1. The maximum Gasteiger partial charge on any atom is 0.313 e. The Labute approximate surface area is 166 Å². The van der Waals surface area contributed by atoms with Crippen molar-refractivity contribution in [2.24, 2.45) is 11.3 Å². The fourth-order valence-electron chi connectivity index (χ4n) is 4.80. The third-order valence-corrected chi connectivity index (χ3v) is 6.14. The first-order valence-electron chi connectivity index (χ1n) is 10.1. The van der Waals surface area contributed by atoms with Gasteiger partial charge >= 0.3 is 5.97 Å². The number of aryl methyl sites for hydroxylation is 2. The zero-order valence-corrected chi connectivity index (χ0v) is 16.6. The van der Waals surface area contributed by atoms with E-state index in [0.29, 0.717) is 13.1 Å². The second-order valence-electron chi connectivity index (χ2n) is 8.21. The average Bonchev–Trinajstić information content (AvgIpc) is 3.19. The summed E-state index contributed by atoms with van der Waals surface area (Å²) in [7, 11) is 0. The van der Waals surface area contributed by atoms with Crippen LogP contribution in [-0.4, -0.2) is 52.1 Å². The minimum Gasteiger partial charge on any atom is -0.481 e. The van der Waals surface area contributed by atoms with Crippen LogP contribution in [0.5, 0.6) is 0 Å². The lowest BCUT2D eigenvalue weighted by Crippen LogP contribution is -2.41. The van der Waals surface area contributed by atoms with Crippen molar-refractivity contribution in [1.82, 2.24) is 14.9 Å². The molecule has 1 N–H and O–H groups in total. The molecular weight excluding hydrogens is 352 g/mol. The van der Waals surface area contributed by atoms with Crippen molar-refractivity contribution in [2.45, 2.75) is 33.2 Å². The molecule has 2 saturated heterocycles. The molecule has 6 heteroatoms. The van der Waals surface area contributed by atoms with Gasteiger partial charge in [-0.3, -0.25) is 9.69 Å². The number of hydrogen-bond donors (Lipinski definition) is 1. The Kier molecular flexibility index (Phi) is 5.06. The number of likely N-dealkylation sites (tertiary alicyclic amines) is 1. The van der Waals surface area contributed by atoms with Gasteiger partial charge in [0.2, 0.25) is 0 Å². The van der Waals surface area contributed by atoms with Crippen LogP contribution in [0.15, 0.2) is 36.5 Å². The molecule has 148 valence electrons. The summed E-state index contributed by atoms with van der Waals surface area (Å²) in [6.45, 7) is 7.50. The summed E-state index contributed by atoms with van der Waals surface area (Å²) in [6.07, 6.45) is 3.84. The van der Waals surface area contributed by atoms with Crippen LogP contribution in [0.25, 0.3) is 0 Å². The zero-order chi connectivity index (χ0) is 19.7. The Morgan fingerprint density at radius 3 is 2.71 bits per heavy atom. The second-order valence-corrected chi connectivity index (χ2v) is 8.21. The van der Waals surface area contributed by atoms with E-state index in [1.165, 1.54) is 5.56 Å². The molecule has 2 unspecified atom stereocenters. The molecule has 2 fully saturated rings. The third kappa shape index (κ3) is 3.37. The summed E-state index contributed by atoms with van der Waals surface area (Å²) in [5.74, 6) is 1.10. The molecule has 2 aromatic rings. The minimum absolute atomic E-state index is 0.110. The Morgan fingerprint density at radius 1 is 1.25 bits per heavy atom. The molecule has 0 bridgehead atoms. The van der Waals surface area contributed by atoms with Crippen LogP contribution in [0.1, 0.15) is 30.3 Å². The SMILES string of the molecule is CCCc1cnc(C)nc1N1CC2CN(Cc3ccccc3)CC2(C(=O)O)C1. The Morgan fingerprint density at radius 2 is 2.04 bits per heavy atom. The van der Waals surface area contributed by atoms with Crippen LogP contribution >= 0.6 is 0 Å². The van der Waals surface area contributed by atoms with E-state index in [4.69, 9.17) is 0 Å². The number of aromatic nitrogens is 2. The number of fused-ring (bicyclic) bond motifs is 1. The van der Waals surface area contributed by atoms with E-state index >= 15 is 0 Å². The molecule has 28 heavy (non-hydrogen) atoms. The van der Waals surface area contributed by atoms with Crippen LogP contribution in [0.3, 0.4) is 0 Å². The van der Waals surface area contributed by atoms with Gasteiger partial charge in [-0.05, 0) is 18.9 Å². The molecule has 2 aliphatic rings. The molecule has 0 radical (unpaired) electrons. The van der Waals surface area contributed by atoms with E-state index < -0.39 is 11.4 Å². The highest BCUT2D eigenvalue weighted by Crippen LogP contribution is 2.45. The first-order chi connectivity index (χ1) is 13.5. The second kappa shape index (κ2) is 7.51. The van der Waals surface area contributed by atoms with Crippen LogP contribution in [0, 0.1) is 18.3 Å². The summed E-state index contributed by atoms with van der Waals surface area (Å²) < 4.78 is 0. The number of nitrogens with zero attached hydrogens (tertiary/aromatic N) is 4. The number of aliphatic carboxylic acids is 1. The number of benzene rings is 1. The van der Waals surface area contributed by atoms with Gasteiger partial charge in [0.15, 0.2) is 0 Å². The summed E-state index contributed by atoms with van der Waals surface area (Å²) in [5, 5.41) is 10.2. The van der Waals surface area contributed by atoms with Gasteiger partial charge in [0.25, 0.3) is 0 Å². The van der Waals surface area contributed by atoms with E-state index in [1.54, 1.807) is 0 Å². The van der Waals surface area contributed by atoms with Gasteiger partial charge < -0.3 is 10.0 Å². The highest BCUT2D eigenvalue weighted by atomic mass is 16.4. The Hall–Kier alpha value is -2.47. The molecule has 1 aromatic heterocycles. The third-order valence-electron chi connectivity index (χ3n) is 6.14. The van der Waals surface area contributed by atoms with Gasteiger partial charge in [0.05, 0.1) is 0 Å². The first-order valence-corrected chi connectivity index (χ1v) is 10.1. The summed E-state index contributed by atoms with van der Waals surface area (Å²) in [6, 6.07) is 10.3. The zero-order valence-electron chi connectivity index (χ0n) is 16.6. The number of rotatable bonds is 6. The maximum atomic E-state index is 12.4. The van der Waals surface area contributed by atoms with Crippen molar-refractivity contribution in [3.05, 3.63) is 53.5 Å². The van der Waals surface area contributed by atoms with Crippen molar-refractivity contribution >= 4 is 11.8 Å². The molecular formula is C22H28N4O2. The number of carboxylic acid groups (broad SMARTS) is 1. The Bertz CT molecular complexity index is 857. The highest BCUT2D eigenvalue weighted by molar-refractivity contribution is 5.78. The van der Waals surface area contributed by atoms with Gasteiger partial charge in [-0.15, -0.1) is 0 Å². The average molecular weight is 380 g/mol. The fourth-order valence-corrected chi connectivity index (χ4v) is 4.80. The molecule has 6 nitrogen and oxygen atoms in total. The van der Waals surface area contributed by atoms with E-state index in [0.717, 1.165) is 49.7 Å². The normalized spacial score (nSPS) is 24.5. The lowest BCUT2D eigenvalue weighted by Gasteiger charge is -2.27. The molecule has 3 heterocycles. The largest absolute Gasteiger partial charge is 0.481 e. The van der Waals surface area contributed by atoms with E-state index in [2.05, 4.69) is 38.8 Å². The predicted octanol–water partition coefficient (Wildman–Crippen LogP) is 2.76. The number of carbonyl (C=O) groups is 1. The van der Waals surface area contributed by atoms with Crippen LogP contribution in [-0.2, 0) is 17.8 Å². The van der Waals surface area contributed by atoms with E-state index in [-0.39, 0.29) is 5.92 Å². The van der Waals surface area contributed by atoms with Crippen molar-refractivity contribution in [1.29, 1.82) is 0 Å². The smallest absolute Gasteiger partial charge is 0.313 e. The quantitative estimate of drug-likeness (QED) is 0.831. The number of carboxylic acids is 1. The molecule has 2 aliphatic heterocycles. The van der Waals surface area contributed by atoms with Gasteiger partial charge in [0, 0.05) is 50.4 Å². The standard InChI is InChI=1S/C22H28N4O2/c1-3-7-18-10-23-16(2)24-20(18)26-13-19-12-25(11-17-8-5-4-6-9-17)14-22(19,15-26)21(27)28/h4-6,8-10,19H,3,7,11-15H2,1-2H3,(H,27,28). The molecule has 1 aromatic carbocycles. The molecule has 0 aliphatic carbocycles. The monoisotopic (exact) mass is 380 g/mol. The molecule has 0 spiro atoms. The molecule has 0 saturated carbocycles. The lowest BCUT2D eigenvalue weighted by molar-refractivity contribution is -0.148. The summed E-state index contributed by atoms with van der Waals surface area (Å²) in [5.41, 5.74) is 1.63. The minimum atomic E-state index is -0.725. The van der Waals surface area contributed by atoms with Crippen LogP contribution < -0.4 is 4.90 Å². The van der Waals surface area contributed by atoms with Crippen molar-refractivity contribution < 1.29 is 9.90 Å².